The van der Waals surface area contributed by atoms with Gasteiger partial charge in [-0.05, 0) is 36.4 Å². The Morgan fingerprint density at radius 1 is 1.12 bits per heavy atom. The molecule has 5 nitrogen and oxygen atoms in total. The maximum absolute atomic E-state index is 13.7. The van der Waals surface area contributed by atoms with E-state index in [1.807, 2.05) is 0 Å². The van der Waals surface area contributed by atoms with E-state index in [1.165, 1.54) is 18.5 Å². The molecule has 2 N–H and O–H groups in total. The summed E-state index contributed by atoms with van der Waals surface area (Å²) < 4.78 is 26.9. The van der Waals surface area contributed by atoms with Gasteiger partial charge in [-0.3, -0.25) is 14.6 Å². The van der Waals surface area contributed by atoms with Crippen LogP contribution in [0.1, 0.15) is 26.4 Å². The monoisotopic (exact) mass is 327 g/mol. The minimum Gasteiger partial charge on any atom is -0.356 e. The van der Waals surface area contributed by atoms with Crippen LogP contribution >= 0.6 is 0 Å². The predicted molar refractivity (Wildman–Crippen MR) is 82.8 cm³/mol. The molecule has 0 radical (unpaired) electrons. The van der Waals surface area contributed by atoms with Crippen LogP contribution in [0.5, 0.6) is 0 Å². The summed E-state index contributed by atoms with van der Waals surface area (Å²) in [6.45, 7) is 0. The van der Waals surface area contributed by atoms with E-state index in [0.717, 1.165) is 18.2 Å². The molecule has 0 saturated carbocycles. The minimum absolute atomic E-state index is 0.0517. The highest BCUT2D eigenvalue weighted by molar-refractivity contribution is 6.11. The van der Waals surface area contributed by atoms with Gasteiger partial charge in [0.2, 0.25) is 0 Å². The third-order valence-electron chi connectivity index (χ3n) is 3.28. The fourth-order valence-electron chi connectivity index (χ4n) is 2.12. The van der Waals surface area contributed by atoms with Gasteiger partial charge in [0.05, 0.1) is 17.4 Å². The normalized spacial score (nSPS) is 10.4. The van der Waals surface area contributed by atoms with Gasteiger partial charge in [-0.25, -0.2) is 8.78 Å². The fourth-order valence-corrected chi connectivity index (χ4v) is 2.12. The Morgan fingerprint density at radius 2 is 1.96 bits per heavy atom. The van der Waals surface area contributed by atoms with Crippen LogP contribution in [-0.4, -0.2) is 21.7 Å². The van der Waals surface area contributed by atoms with Crippen LogP contribution < -0.4 is 5.32 Å². The van der Waals surface area contributed by atoms with Gasteiger partial charge < -0.3 is 10.3 Å². The molecule has 0 aliphatic heterocycles. The second-order valence-corrected chi connectivity index (χ2v) is 4.95. The standard InChI is InChI=1S/C17H11F2N3O2/c18-11-3-4-14(19)13(7-11)16(23)10-6-15(21-8-10)17(24)22-12-2-1-5-20-9-12/h1-9,21H,(H,22,24). The summed E-state index contributed by atoms with van der Waals surface area (Å²) in [5.41, 5.74) is 0.254. The van der Waals surface area contributed by atoms with Gasteiger partial charge in [-0.1, -0.05) is 0 Å². The Balaban J connectivity index is 1.81. The number of aromatic amines is 1. The smallest absolute Gasteiger partial charge is 0.272 e. The van der Waals surface area contributed by atoms with Crippen molar-refractivity contribution in [2.75, 3.05) is 5.32 Å². The number of hydrogen-bond acceptors (Lipinski definition) is 3. The fraction of sp³-hybridized carbons (Fsp3) is 0. The van der Waals surface area contributed by atoms with Crippen LogP contribution in [0.4, 0.5) is 14.5 Å². The molecule has 1 aromatic carbocycles. The molecule has 2 aromatic heterocycles. The summed E-state index contributed by atoms with van der Waals surface area (Å²) in [6.07, 6.45) is 4.30. The number of carbonyl (C=O) groups is 2. The number of nitrogens with one attached hydrogen (secondary N) is 2. The van der Waals surface area contributed by atoms with Gasteiger partial charge in [0.25, 0.3) is 5.91 Å². The van der Waals surface area contributed by atoms with E-state index >= 15 is 0 Å². The van der Waals surface area contributed by atoms with E-state index in [0.29, 0.717) is 5.69 Å². The van der Waals surface area contributed by atoms with Crippen molar-refractivity contribution in [1.82, 2.24) is 9.97 Å². The summed E-state index contributed by atoms with van der Waals surface area (Å²) >= 11 is 0. The van der Waals surface area contributed by atoms with Crippen LogP contribution in [0.2, 0.25) is 0 Å². The SMILES string of the molecule is O=C(Nc1cccnc1)c1cc(C(=O)c2cc(F)ccc2F)c[nH]1. The number of benzene rings is 1. The number of aromatic nitrogens is 2. The Bertz CT molecular complexity index is 907. The Kier molecular flexibility index (Phi) is 4.15. The van der Waals surface area contributed by atoms with Crippen LogP contribution in [-0.2, 0) is 0 Å². The zero-order valence-corrected chi connectivity index (χ0v) is 12.2. The number of H-pyrrole nitrogens is 1. The van der Waals surface area contributed by atoms with E-state index in [1.54, 1.807) is 18.3 Å². The van der Waals surface area contributed by atoms with Crippen molar-refractivity contribution >= 4 is 17.4 Å². The number of amides is 1. The molecular formula is C17H11F2N3O2. The third kappa shape index (κ3) is 3.19. The molecular weight excluding hydrogens is 316 g/mol. The molecule has 2 heterocycles. The second-order valence-electron chi connectivity index (χ2n) is 4.95. The van der Waals surface area contributed by atoms with Crippen molar-refractivity contribution < 1.29 is 18.4 Å². The maximum Gasteiger partial charge on any atom is 0.272 e. The number of nitrogens with zero attached hydrogens (tertiary/aromatic N) is 1. The van der Waals surface area contributed by atoms with Crippen molar-refractivity contribution in [1.29, 1.82) is 0 Å². The molecule has 0 unspecified atom stereocenters. The predicted octanol–water partition coefficient (Wildman–Crippen LogP) is 3.17. The van der Waals surface area contributed by atoms with E-state index in [9.17, 15) is 18.4 Å². The van der Waals surface area contributed by atoms with E-state index in [-0.39, 0.29) is 11.3 Å². The molecule has 0 bridgehead atoms. The molecule has 0 spiro atoms. The lowest BCUT2D eigenvalue weighted by Crippen LogP contribution is -2.12. The van der Waals surface area contributed by atoms with E-state index in [4.69, 9.17) is 0 Å². The lowest BCUT2D eigenvalue weighted by molar-refractivity contribution is 0.102. The van der Waals surface area contributed by atoms with Crippen molar-refractivity contribution in [2.45, 2.75) is 0 Å². The molecule has 0 atom stereocenters. The van der Waals surface area contributed by atoms with Gasteiger partial charge in [0, 0.05) is 18.0 Å². The molecule has 0 aliphatic rings. The molecule has 24 heavy (non-hydrogen) atoms. The summed E-state index contributed by atoms with van der Waals surface area (Å²) in [5, 5.41) is 2.59. The highest BCUT2D eigenvalue weighted by Crippen LogP contribution is 2.16. The maximum atomic E-state index is 13.7. The first kappa shape index (κ1) is 15.5. The molecule has 1 amide bonds. The number of rotatable bonds is 4. The molecule has 0 aliphatic carbocycles. The highest BCUT2D eigenvalue weighted by atomic mass is 19.1. The first-order valence-electron chi connectivity index (χ1n) is 6.94. The molecule has 0 fully saturated rings. The number of carbonyl (C=O) groups excluding carboxylic acids is 2. The third-order valence-corrected chi connectivity index (χ3v) is 3.28. The van der Waals surface area contributed by atoms with Gasteiger partial charge in [-0.15, -0.1) is 0 Å². The van der Waals surface area contributed by atoms with Crippen LogP contribution in [0.25, 0.3) is 0 Å². The number of anilines is 1. The average molecular weight is 327 g/mol. The number of halogens is 2. The van der Waals surface area contributed by atoms with Crippen LogP contribution in [0.3, 0.4) is 0 Å². The Labute approximate surface area is 135 Å². The number of ketones is 1. The zero-order chi connectivity index (χ0) is 17.1. The first-order valence-corrected chi connectivity index (χ1v) is 6.94. The summed E-state index contributed by atoms with van der Waals surface area (Å²) in [7, 11) is 0. The highest BCUT2D eigenvalue weighted by Gasteiger charge is 2.18. The molecule has 3 rings (SSSR count). The van der Waals surface area contributed by atoms with Crippen LogP contribution in [0, 0.1) is 11.6 Å². The van der Waals surface area contributed by atoms with Crippen molar-refractivity contribution in [3.8, 4) is 0 Å². The molecule has 3 aromatic rings. The van der Waals surface area contributed by atoms with E-state index in [2.05, 4.69) is 15.3 Å². The van der Waals surface area contributed by atoms with Crippen molar-refractivity contribution in [3.05, 3.63) is 83.4 Å². The van der Waals surface area contributed by atoms with Gasteiger partial charge in [0.15, 0.2) is 5.78 Å². The van der Waals surface area contributed by atoms with Gasteiger partial charge in [0.1, 0.15) is 17.3 Å². The topological polar surface area (TPSA) is 74.8 Å². The summed E-state index contributed by atoms with van der Waals surface area (Å²) in [6, 6.07) is 7.22. The second kappa shape index (κ2) is 6.41. The van der Waals surface area contributed by atoms with Gasteiger partial charge >= 0.3 is 0 Å². The van der Waals surface area contributed by atoms with Gasteiger partial charge in [-0.2, -0.15) is 0 Å². The first-order chi connectivity index (χ1) is 11.5. The van der Waals surface area contributed by atoms with Crippen molar-refractivity contribution in [3.63, 3.8) is 0 Å². The number of hydrogen-bond donors (Lipinski definition) is 2. The largest absolute Gasteiger partial charge is 0.356 e. The Morgan fingerprint density at radius 3 is 2.71 bits per heavy atom. The lowest BCUT2D eigenvalue weighted by atomic mass is 10.1. The van der Waals surface area contributed by atoms with E-state index < -0.39 is 28.9 Å². The molecule has 0 saturated heterocycles. The zero-order valence-electron chi connectivity index (χ0n) is 12.2. The van der Waals surface area contributed by atoms with Crippen LogP contribution in [0.15, 0.2) is 55.0 Å². The summed E-state index contributed by atoms with van der Waals surface area (Å²) in [5.74, 6) is -2.75. The average Bonchev–Trinajstić information content (AvgIpc) is 3.07. The Hall–Kier alpha value is -3.35. The minimum atomic E-state index is -0.830. The summed E-state index contributed by atoms with van der Waals surface area (Å²) in [4.78, 5) is 30.8. The molecule has 120 valence electrons. The van der Waals surface area contributed by atoms with Crippen molar-refractivity contribution in [2.24, 2.45) is 0 Å². The quantitative estimate of drug-likeness (QED) is 0.723. The number of pyridine rings is 1. The molecule has 7 heteroatoms. The lowest BCUT2D eigenvalue weighted by Gasteiger charge is -2.02.